The number of ether oxygens (including phenoxy) is 2. The van der Waals surface area contributed by atoms with Crippen LogP contribution in [0, 0.1) is 5.82 Å². The molecule has 2 aliphatic rings. The van der Waals surface area contributed by atoms with Crippen LogP contribution in [-0.4, -0.2) is 23.4 Å². The standard InChI is InChI=1S/C16H13BrF4N2O2/c17-10-7-8(1-2-11(10)18)9-3-4-15(24-5-6-25-15)13-12(9)14(23-22-13)16(19,20)21/h1-2,7,9H,3-6H2,(H,22,23)/t9-/m1/s1. The highest BCUT2D eigenvalue weighted by molar-refractivity contribution is 9.10. The minimum Gasteiger partial charge on any atom is -0.342 e. The number of hydrogen-bond acceptors (Lipinski definition) is 3. The Kier molecular flexibility index (Phi) is 3.93. The molecule has 0 saturated carbocycles. The van der Waals surface area contributed by atoms with Gasteiger partial charge in [0.05, 0.1) is 23.4 Å². The molecule has 0 bridgehead atoms. The Balaban J connectivity index is 1.88. The van der Waals surface area contributed by atoms with Gasteiger partial charge in [0.25, 0.3) is 0 Å². The Bertz CT molecular complexity index is 815. The van der Waals surface area contributed by atoms with Crippen LogP contribution < -0.4 is 0 Å². The number of hydrogen-bond donors (Lipinski definition) is 1. The third-order valence-electron chi connectivity index (χ3n) is 4.66. The van der Waals surface area contributed by atoms with Gasteiger partial charge in [0, 0.05) is 17.9 Å². The molecule has 1 aromatic carbocycles. The summed E-state index contributed by atoms with van der Waals surface area (Å²) in [5.41, 5.74) is -0.187. The minimum absolute atomic E-state index is 0.0131. The average Bonchev–Trinajstić information content (AvgIpc) is 3.18. The molecule has 1 saturated heterocycles. The number of fused-ring (bicyclic) bond motifs is 2. The van der Waals surface area contributed by atoms with E-state index in [4.69, 9.17) is 9.47 Å². The van der Waals surface area contributed by atoms with Crippen LogP contribution in [0.15, 0.2) is 22.7 Å². The monoisotopic (exact) mass is 420 g/mol. The van der Waals surface area contributed by atoms with Crippen molar-refractivity contribution < 1.29 is 27.0 Å². The zero-order valence-electron chi connectivity index (χ0n) is 12.8. The highest BCUT2D eigenvalue weighted by Crippen LogP contribution is 2.51. The molecule has 4 rings (SSSR count). The molecule has 1 spiro atoms. The summed E-state index contributed by atoms with van der Waals surface area (Å²) in [5, 5.41) is 5.99. The summed E-state index contributed by atoms with van der Waals surface area (Å²) in [6.07, 6.45) is -3.86. The number of alkyl halides is 3. The Morgan fingerprint density at radius 2 is 1.96 bits per heavy atom. The molecule has 1 N–H and O–H groups in total. The van der Waals surface area contributed by atoms with Crippen molar-refractivity contribution in [1.29, 1.82) is 0 Å². The van der Waals surface area contributed by atoms with E-state index in [1.54, 1.807) is 0 Å². The number of nitrogens with zero attached hydrogens (tertiary/aromatic N) is 1. The number of aromatic nitrogens is 2. The van der Waals surface area contributed by atoms with E-state index in [2.05, 4.69) is 26.1 Å². The molecule has 9 heteroatoms. The van der Waals surface area contributed by atoms with Crippen LogP contribution in [0.2, 0.25) is 0 Å². The van der Waals surface area contributed by atoms with Crippen molar-refractivity contribution in [2.45, 2.75) is 30.7 Å². The van der Waals surface area contributed by atoms with E-state index < -0.39 is 29.4 Å². The van der Waals surface area contributed by atoms with Crippen molar-refractivity contribution in [3.63, 3.8) is 0 Å². The molecule has 0 unspecified atom stereocenters. The Labute approximate surface area is 148 Å². The number of benzene rings is 1. The molecule has 4 nitrogen and oxygen atoms in total. The first-order valence-corrected chi connectivity index (χ1v) is 8.50. The first-order valence-electron chi connectivity index (χ1n) is 7.70. The molecule has 1 aromatic heterocycles. The lowest BCUT2D eigenvalue weighted by molar-refractivity contribution is -0.179. The molecule has 1 aliphatic heterocycles. The summed E-state index contributed by atoms with van der Waals surface area (Å²) < 4.78 is 65.4. The fourth-order valence-corrected chi connectivity index (χ4v) is 4.00. The number of halogens is 5. The molecular weight excluding hydrogens is 408 g/mol. The molecule has 1 fully saturated rings. The molecule has 134 valence electrons. The van der Waals surface area contributed by atoms with Gasteiger partial charge < -0.3 is 9.47 Å². The average molecular weight is 421 g/mol. The van der Waals surface area contributed by atoms with Crippen LogP contribution in [0.25, 0.3) is 0 Å². The Hall–Kier alpha value is -1.45. The summed E-state index contributed by atoms with van der Waals surface area (Å²) in [6, 6.07) is 4.24. The fraction of sp³-hybridized carbons (Fsp3) is 0.438. The van der Waals surface area contributed by atoms with Gasteiger partial charge >= 0.3 is 6.18 Å². The van der Waals surface area contributed by atoms with Gasteiger partial charge in [-0.25, -0.2) is 4.39 Å². The molecule has 25 heavy (non-hydrogen) atoms. The molecule has 2 heterocycles. The van der Waals surface area contributed by atoms with Crippen LogP contribution in [0.4, 0.5) is 17.6 Å². The van der Waals surface area contributed by atoms with Gasteiger partial charge in [0.1, 0.15) is 5.82 Å². The van der Waals surface area contributed by atoms with E-state index in [-0.39, 0.29) is 15.7 Å². The molecular formula is C16H13BrF4N2O2. The van der Waals surface area contributed by atoms with Crippen molar-refractivity contribution in [1.82, 2.24) is 10.2 Å². The maximum Gasteiger partial charge on any atom is 0.435 e. The second kappa shape index (κ2) is 5.78. The predicted octanol–water partition coefficient (Wildman–Crippen LogP) is 4.46. The maximum atomic E-state index is 13.5. The van der Waals surface area contributed by atoms with Gasteiger partial charge in [-0.15, -0.1) is 0 Å². The zero-order valence-corrected chi connectivity index (χ0v) is 14.4. The Morgan fingerprint density at radius 1 is 1.24 bits per heavy atom. The van der Waals surface area contributed by atoms with Gasteiger partial charge in [-0.3, -0.25) is 5.10 Å². The minimum atomic E-state index is -4.61. The van der Waals surface area contributed by atoms with Crippen LogP contribution in [-0.2, 0) is 21.4 Å². The molecule has 0 amide bonds. The van der Waals surface area contributed by atoms with Crippen LogP contribution >= 0.6 is 15.9 Å². The second-order valence-electron chi connectivity index (χ2n) is 6.07. The normalized spacial score (nSPS) is 22.4. The third kappa shape index (κ3) is 2.69. The quantitative estimate of drug-likeness (QED) is 0.693. The van der Waals surface area contributed by atoms with Crippen molar-refractivity contribution in [2.75, 3.05) is 13.2 Å². The van der Waals surface area contributed by atoms with Crippen molar-refractivity contribution in [3.8, 4) is 0 Å². The number of aromatic amines is 1. The summed E-state index contributed by atoms with van der Waals surface area (Å²) in [7, 11) is 0. The van der Waals surface area contributed by atoms with Gasteiger partial charge in [0.2, 0.25) is 5.79 Å². The first kappa shape index (κ1) is 17.0. The Morgan fingerprint density at radius 3 is 2.60 bits per heavy atom. The van der Waals surface area contributed by atoms with E-state index in [1.165, 1.54) is 18.2 Å². The highest BCUT2D eigenvalue weighted by Gasteiger charge is 2.51. The van der Waals surface area contributed by atoms with E-state index in [0.717, 1.165) is 0 Å². The lowest BCUT2D eigenvalue weighted by Crippen LogP contribution is -2.34. The number of H-pyrrole nitrogens is 1. The van der Waals surface area contributed by atoms with Gasteiger partial charge in [-0.1, -0.05) is 6.07 Å². The maximum absolute atomic E-state index is 13.5. The summed E-state index contributed by atoms with van der Waals surface area (Å²) in [4.78, 5) is 0. The van der Waals surface area contributed by atoms with Gasteiger partial charge in [-0.05, 0) is 40.0 Å². The zero-order chi connectivity index (χ0) is 17.8. The van der Waals surface area contributed by atoms with Crippen LogP contribution in [0.5, 0.6) is 0 Å². The van der Waals surface area contributed by atoms with E-state index in [0.29, 0.717) is 31.6 Å². The van der Waals surface area contributed by atoms with Gasteiger partial charge in [0.15, 0.2) is 5.69 Å². The largest absolute Gasteiger partial charge is 0.435 e. The number of rotatable bonds is 1. The molecule has 1 aliphatic carbocycles. The van der Waals surface area contributed by atoms with Crippen molar-refractivity contribution >= 4 is 15.9 Å². The van der Waals surface area contributed by atoms with Gasteiger partial charge in [-0.2, -0.15) is 18.3 Å². The first-order chi connectivity index (χ1) is 11.8. The summed E-state index contributed by atoms with van der Waals surface area (Å²) >= 11 is 3.09. The molecule has 1 atom stereocenters. The summed E-state index contributed by atoms with van der Waals surface area (Å²) in [6.45, 7) is 0.624. The van der Waals surface area contributed by atoms with Crippen LogP contribution in [0.3, 0.4) is 0 Å². The smallest absolute Gasteiger partial charge is 0.342 e. The summed E-state index contributed by atoms with van der Waals surface area (Å²) in [5.74, 6) is -2.26. The fourth-order valence-electron chi connectivity index (χ4n) is 3.61. The van der Waals surface area contributed by atoms with E-state index in [1.807, 2.05) is 0 Å². The SMILES string of the molecule is Fc1ccc([C@H]2CCC3(OCCO3)c3[nH]nc(C(F)(F)F)c32)cc1Br. The second-order valence-corrected chi connectivity index (χ2v) is 6.93. The lowest BCUT2D eigenvalue weighted by atomic mass is 9.78. The molecule has 0 radical (unpaired) electrons. The molecule has 2 aromatic rings. The number of nitrogens with one attached hydrogen (secondary N) is 1. The third-order valence-corrected chi connectivity index (χ3v) is 5.27. The predicted molar refractivity (Wildman–Crippen MR) is 82.3 cm³/mol. The van der Waals surface area contributed by atoms with E-state index in [9.17, 15) is 17.6 Å². The van der Waals surface area contributed by atoms with Crippen molar-refractivity contribution in [2.24, 2.45) is 0 Å². The topological polar surface area (TPSA) is 47.1 Å². The van der Waals surface area contributed by atoms with E-state index >= 15 is 0 Å². The lowest BCUT2D eigenvalue weighted by Gasteiger charge is -2.35. The van der Waals surface area contributed by atoms with Crippen LogP contribution in [0.1, 0.15) is 41.3 Å². The van der Waals surface area contributed by atoms with Crippen molar-refractivity contribution in [3.05, 3.63) is 51.0 Å². The highest BCUT2D eigenvalue weighted by atomic mass is 79.9.